The van der Waals surface area contributed by atoms with E-state index >= 15 is 0 Å². The van der Waals surface area contributed by atoms with E-state index in [1.54, 1.807) is 6.92 Å². The maximum atomic E-state index is 10.4. The van der Waals surface area contributed by atoms with Crippen LogP contribution in [0, 0.1) is 6.92 Å². The largest absolute Gasteiger partial charge is 0.481 e. The second-order valence-electron chi connectivity index (χ2n) is 2.68. The Kier molecular flexibility index (Phi) is 2.72. The van der Waals surface area contributed by atoms with E-state index in [-0.39, 0.29) is 11.6 Å². The number of nitrogens with zero attached hydrogens (tertiary/aromatic N) is 1. The molecule has 0 aliphatic heterocycles. The molecular weight excluding hydrogens is 192 g/mol. The van der Waals surface area contributed by atoms with Gasteiger partial charge in [-0.2, -0.15) is 0 Å². The molecule has 0 saturated carbocycles. The van der Waals surface area contributed by atoms with Gasteiger partial charge in [-0.25, -0.2) is 4.98 Å². The third-order valence-corrected chi connectivity index (χ3v) is 1.89. The van der Waals surface area contributed by atoms with Gasteiger partial charge in [-0.3, -0.25) is 4.79 Å². The number of nitrogen functional groups attached to an aromatic ring is 1. The van der Waals surface area contributed by atoms with E-state index in [2.05, 4.69) is 4.98 Å². The van der Waals surface area contributed by atoms with Crippen molar-refractivity contribution in [2.45, 2.75) is 13.3 Å². The normalized spacial score (nSPS) is 10.0. The summed E-state index contributed by atoms with van der Waals surface area (Å²) in [5.74, 6) is -0.947. The quantitative estimate of drug-likeness (QED) is 0.705. The molecule has 0 amide bonds. The number of nitrogens with two attached hydrogens (primary N) is 1. The maximum Gasteiger partial charge on any atom is 0.309 e. The lowest BCUT2D eigenvalue weighted by Gasteiger charge is -2.05. The number of anilines is 1. The summed E-state index contributed by atoms with van der Waals surface area (Å²) in [5.41, 5.74) is 7.14. The van der Waals surface area contributed by atoms with Gasteiger partial charge in [0.2, 0.25) is 0 Å². The van der Waals surface area contributed by atoms with Crippen LogP contribution in [0.25, 0.3) is 0 Å². The molecule has 0 atom stereocenters. The van der Waals surface area contributed by atoms with Gasteiger partial charge in [0.15, 0.2) is 0 Å². The van der Waals surface area contributed by atoms with E-state index < -0.39 is 5.97 Å². The van der Waals surface area contributed by atoms with E-state index in [0.717, 1.165) is 0 Å². The van der Waals surface area contributed by atoms with E-state index in [1.165, 1.54) is 6.07 Å². The number of carboxylic acids is 1. The minimum atomic E-state index is -0.947. The summed E-state index contributed by atoms with van der Waals surface area (Å²) in [4.78, 5) is 14.3. The molecule has 1 aromatic rings. The highest BCUT2D eigenvalue weighted by Crippen LogP contribution is 2.18. The molecule has 1 aromatic heterocycles. The van der Waals surface area contributed by atoms with Gasteiger partial charge in [-0.15, -0.1) is 0 Å². The number of aromatic nitrogens is 1. The molecule has 70 valence electrons. The molecule has 1 heterocycles. The summed E-state index contributed by atoms with van der Waals surface area (Å²) < 4.78 is 0. The van der Waals surface area contributed by atoms with Gasteiger partial charge in [0.1, 0.15) is 5.15 Å². The lowest BCUT2D eigenvalue weighted by atomic mass is 10.1. The predicted molar refractivity (Wildman–Crippen MR) is 49.7 cm³/mol. The molecule has 0 fully saturated rings. The van der Waals surface area contributed by atoms with Crippen molar-refractivity contribution in [3.05, 3.63) is 22.5 Å². The van der Waals surface area contributed by atoms with Gasteiger partial charge < -0.3 is 10.8 Å². The molecule has 3 N–H and O–H groups in total. The predicted octanol–water partition coefficient (Wildman–Crippen LogP) is 1.25. The van der Waals surface area contributed by atoms with E-state index in [4.69, 9.17) is 22.4 Å². The van der Waals surface area contributed by atoms with Crippen LogP contribution < -0.4 is 5.73 Å². The number of hydrogen-bond acceptors (Lipinski definition) is 3. The Morgan fingerprint density at radius 3 is 2.92 bits per heavy atom. The van der Waals surface area contributed by atoms with Crippen molar-refractivity contribution < 1.29 is 9.90 Å². The lowest BCUT2D eigenvalue weighted by Crippen LogP contribution is -2.06. The zero-order chi connectivity index (χ0) is 10.0. The molecular formula is C8H9ClN2O2. The highest BCUT2D eigenvalue weighted by Gasteiger charge is 2.09. The van der Waals surface area contributed by atoms with Crippen molar-refractivity contribution >= 4 is 23.3 Å². The first-order valence-corrected chi connectivity index (χ1v) is 4.02. The minimum absolute atomic E-state index is 0.156. The van der Waals surface area contributed by atoms with E-state index in [9.17, 15) is 4.79 Å². The summed E-state index contributed by atoms with van der Waals surface area (Å²) in [5, 5.41) is 8.77. The monoisotopic (exact) mass is 200 g/mol. The Hall–Kier alpha value is -1.29. The number of hydrogen-bond donors (Lipinski definition) is 2. The van der Waals surface area contributed by atoms with Gasteiger partial charge in [0, 0.05) is 5.69 Å². The molecule has 0 aliphatic rings. The average Bonchev–Trinajstić information content (AvgIpc) is 1.98. The van der Waals surface area contributed by atoms with Crippen molar-refractivity contribution in [1.82, 2.24) is 4.98 Å². The fourth-order valence-electron chi connectivity index (χ4n) is 0.964. The second-order valence-corrected chi connectivity index (χ2v) is 3.06. The van der Waals surface area contributed by atoms with Crippen LogP contribution >= 0.6 is 11.6 Å². The van der Waals surface area contributed by atoms with Crippen LogP contribution in [0.3, 0.4) is 0 Å². The molecule has 1 rings (SSSR count). The first-order valence-electron chi connectivity index (χ1n) is 3.64. The third-order valence-electron chi connectivity index (χ3n) is 1.70. The zero-order valence-electron chi connectivity index (χ0n) is 7.04. The van der Waals surface area contributed by atoms with Crippen LogP contribution in [0.2, 0.25) is 5.15 Å². The smallest absolute Gasteiger partial charge is 0.309 e. The molecule has 0 aliphatic carbocycles. The standard InChI is InChI=1S/C8H9ClN2O2/c1-4-5(10)2-7(9)11-6(4)3-8(12)13/h2H,3H2,1H3,(H2,10,11)(H,12,13). The van der Waals surface area contributed by atoms with Crippen LogP contribution in [0.4, 0.5) is 5.69 Å². The molecule has 0 aromatic carbocycles. The summed E-state index contributed by atoms with van der Waals surface area (Å²) in [6, 6.07) is 1.50. The van der Waals surface area contributed by atoms with Crippen LogP contribution in [0.1, 0.15) is 11.3 Å². The SMILES string of the molecule is Cc1c(N)cc(Cl)nc1CC(=O)O. The Bertz CT molecular complexity index is 352. The van der Waals surface area contributed by atoms with Crippen LogP contribution in [0.15, 0.2) is 6.07 Å². The number of halogens is 1. The van der Waals surface area contributed by atoms with Gasteiger partial charge >= 0.3 is 5.97 Å². The fraction of sp³-hybridized carbons (Fsp3) is 0.250. The molecule has 0 bridgehead atoms. The lowest BCUT2D eigenvalue weighted by molar-refractivity contribution is -0.136. The molecule has 0 spiro atoms. The average molecular weight is 201 g/mol. The minimum Gasteiger partial charge on any atom is -0.481 e. The number of carboxylic acid groups (broad SMARTS) is 1. The van der Waals surface area contributed by atoms with E-state index in [0.29, 0.717) is 16.9 Å². The van der Waals surface area contributed by atoms with Crippen molar-refractivity contribution in [3.63, 3.8) is 0 Å². The maximum absolute atomic E-state index is 10.4. The van der Waals surface area contributed by atoms with Gasteiger partial charge in [0.25, 0.3) is 0 Å². The molecule has 4 nitrogen and oxygen atoms in total. The van der Waals surface area contributed by atoms with Crippen molar-refractivity contribution in [3.8, 4) is 0 Å². The Morgan fingerprint density at radius 2 is 2.38 bits per heavy atom. The van der Waals surface area contributed by atoms with Crippen LogP contribution in [-0.4, -0.2) is 16.1 Å². The topological polar surface area (TPSA) is 76.2 Å². The molecule has 13 heavy (non-hydrogen) atoms. The van der Waals surface area contributed by atoms with Gasteiger partial charge in [-0.1, -0.05) is 11.6 Å². The van der Waals surface area contributed by atoms with Gasteiger partial charge in [0.05, 0.1) is 12.1 Å². The van der Waals surface area contributed by atoms with Crippen LogP contribution in [-0.2, 0) is 11.2 Å². The number of aliphatic carboxylic acids is 1. The number of carbonyl (C=O) groups is 1. The highest BCUT2D eigenvalue weighted by molar-refractivity contribution is 6.29. The summed E-state index contributed by atoms with van der Waals surface area (Å²) in [7, 11) is 0. The summed E-state index contributed by atoms with van der Waals surface area (Å²) in [6.45, 7) is 1.72. The molecule has 0 unspecified atom stereocenters. The Balaban J connectivity index is 3.12. The Morgan fingerprint density at radius 1 is 1.77 bits per heavy atom. The molecule has 5 heteroatoms. The summed E-state index contributed by atoms with van der Waals surface area (Å²) >= 11 is 5.62. The van der Waals surface area contributed by atoms with E-state index in [1.807, 2.05) is 0 Å². The van der Waals surface area contributed by atoms with Gasteiger partial charge in [-0.05, 0) is 18.6 Å². The molecule has 0 radical (unpaired) electrons. The van der Waals surface area contributed by atoms with Crippen molar-refractivity contribution in [2.24, 2.45) is 0 Å². The Labute approximate surface area is 80.3 Å². The van der Waals surface area contributed by atoms with Crippen molar-refractivity contribution in [1.29, 1.82) is 0 Å². The second kappa shape index (κ2) is 3.62. The number of rotatable bonds is 2. The number of pyridine rings is 1. The first kappa shape index (κ1) is 9.80. The van der Waals surface area contributed by atoms with Crippen LogP contribution in [0.5, 0.6) is 0 Å². The summed E-state index contributed by atoms with van der Waals surface area (Å²) in [6.07, 6.45) is -0.156. The molecule has 0 saturated heterocycles. The zero-order valence-corrected chi connectivity index (χ0v) is 7.80. The highest BCUT2D eigenvalue weighted by atomic mass is 35.5. The first-order chi connectivity index (χ1) is 6.00. The fourth-order valence-corrected chi connectivity index (χ4v) is 1.18. The third kappa shape index (κ3) is 2.32. The van der Waals surface area contributed by atoms with Crippen molar-refractivity contribution in [2.75, 3.05) is 5.73 Å².